The minimum absolute atomic E-state index is 0.0757. The average Bonchev–Trinajstić information content (AvgIpc) is 2.83. The summed E-state index contributed by atoms with van der Waals surface area (Å²) in [5.74, 6) is 0.943. The van der Waals surface area contributed by atoms with Crippen molar-refractivity contribution >= 4 is 5.69 Å². The van der Waals surface area contributed by atoms with Gasteiger partial charge in [-0.25, -0.2) is 0 Å². The molecule has 0 N–H and O–H groups in total. The first-order valence-corrected chi connectivity index (χ1v) is 11.1. The molecule has 162 valence electrons. The van der Waals surface area contributed by atoms with Crippen molar-refractivity contribution in [1.29, 1.82) is 0 Å². The third kappa shape index (κ3) is 5.17. The zero-order valence-corrected chi connectivity index (χ0v) is 18.2. The second-order valence-electron chi connectivity index (χ2n) is 7.97. The number of aromatic nitrogens is 1. The van der Waals surface area contributed by atoms with Crippen LogP contribution in [0.3, 0.4) is 0 Å². The molecule has 2 aromatic carbocycles. The first-order chi connectivity index (χ1) is 15.3. The Bertz CT molecular complexity index is 1020. The number of rotatable bonds is 8. The summed E-state index contributed by atoms with van der Waals surface area (Å²) in [4.78, 5) is 17.4. The van der Waals surface area contributed by atoms with E-state index in [0.29, 0.717) is 0 Å². The molecular weight excluding hydrogens is 386 g/mol. The zero-order chi connectivity index (χ0) is 21.5. The van der Waals surface area contributed by atoms with Crippen LogP contribution in [0.15, 0.2) is 77.6 Å². The van der Waals surface area contributed by atoms with Gasteiger partial charge in [0.1, 0.15) is 5.75 Å². The van der Waals surface area contributed by atoms with E-state index in [2.05, 4.69) is 34.1 Å². The predicted molar refractivity (Wildman–Crippen MR) is 127 cm³/mol. The number of para-hydroxylation sites is 2. The Morgan fingerprint density at radius 3 is 2.26 bits per heavy atom. The quantitative estimate of drug-likeness (QED) is 0.517. The highest BCUT2D eigenvalue weighted by Crippen LogP contribution is 2.28. The summed E-state index contributed by atoms with van der Waals surface area (Å²) in [5, 5.41) is 0. The molecule has 3 aromatic rings. The molecule has 1 fully saturated rings. The molecular formula is C26H31N3O2. The number of hydrogen-bond donors (Lipinski definition) is 0. The van der Waals surface area contributed by atoms with Crippen molar-refractivity contribution in [3.63, 3.8) is 0 Å². The van der Waals surface area contributed by atoms with Gasteiger partial charge < -0.3 is 14.2 Å². The fourth-order valence-electron chi connectivity index (χ4n) is 4.32. The molecule has 0 bridgehead atoms. The van der Waals surface area contributed by atoms with Crippen LogP contribution in [0.5, 0.6) is 5.75 Å². The van der Waals surface area contributed by atoms with Crippen molar-refractivity contribution in [2.75, 3.05) is 44.7 Å². The van der Waals surface area contributed by atoms with E-state index in [4.69, 9.17) is 4.74 Å². The van der Waals surface area contributed by atoms with E-state index < -0.39 is 0 Å². The molecule has 0 unspecified atom stereocenters. The highest BCUT2D eigenvalue weighted by molar-refractivity contribution is 5.59. The zero-order valence-electron chi connectivity index (χ0n) is 18.2. The van der Waals surface area contributed by atoms with E-state index >= 15 is 0 Å². The van der Waals surface area contributed by atoms with Crippen molar-refractivity contribution in [3.8, 4) is 17.0 Å². The van der Waals surface area contributed by atoms with Crippen LogP contribution in [0.25, 0.3) is 11.3 Å². The van der Waals surface area contributed by atoms with Gasteiger partial charge in [0.15, 0.2) is 0 Å². The fraction of sp³-hybridized carbons (Fsp3) is 0.346. The summed E-state index contributed by atoms with van der Waals surface area (Å²) in [5.41, 5.74) is 3.35. The summed E-state index contributed by atoms with van der Waals surface area (Å²) in [7, 11) is 1.73. The Kier molecular flexibility index (Phi) is 7.05. The van der Waals surface area contributed by atoms with Gasteiger partial charge in [0.05, 0.1) is 18.5 Å². The van der Waals surface area contributed by atoms with Crippen LogP contribution in [0, 0.1) is 0 Å². The number of benzene rings is 2. The molecule has 1 aromatic heterocycles. The Morgan fingerprint density at radius 1 is 0.774 bits per heavy atom. The lowest BCUT2D eigenvalue weighted by Crippen LogP contribution is -2.46. The maximum Gasteiger partial charge on any atom is 0.250 e. The predicted octanol–water partition coefficient (Wildman–Crippen LogP) is 4.13. The molecule has 0 atom stereocenters. The van der Waals surface area contributed by atoms with Crippen molar-refractivity contribution in [2.24, 2.45) is 0 Å². The van der Waals surface area contributed by atoms with Crippen molar-refractivity contribution in [1.82, 2.24) is 9.47 Å². The van der Waals surface area contributed by atoms with Gasteiger partial charge in [-0.15, -0.1) is 0 Å². The molecule has 0 saturated carbocycles. The van der Waals surface area contributed by atoms with Crippen molar-refractivity contribution < 1.29 is 4.74 Å². The highest BCUT2D eigenvalue weighted by atomic mass is 16.5. The number of hydrogen-bond acceptors (Lipinski definition) is 4. The van der Waals surface area contributed by atoms with Gasteiger partial charge in [-0.2, -0.15) is 0 Å². The first-order valence-electron chi connectivity index (χ1n) is 11.1. The summed E-state index contributed by atoms with van der Waals surface area (Å²) >= 11 is 0. The van der Waals surface area contributed by atoms with Crippen LogP contribution in [0.4, 0.5) is 5.69 Å². The van der Waals surface area contributed by atoms with Gasteiger partial charge in [0, 0.05) is 38.8 Å². The van der Waals surface area contributed by atoms with E-state index in [-0.39, 0.29) is 5.56 Å². The number of unbranched alkanes of at least 4 members (excludes halogenated alkanes) is 1. The van der Waals surface area contributed by atoms with Gasteiger partial charge >= 0.3 is 0 Å². The smallest absolute Gasteiger partial charge is 0.250 e. The molecule has 0 spiro atoms. The molecule has 0 aliphatic carbocycles. The second-order valence-corrected chi connectivity index (χ2v) is 7.97. The van der Waals surface area contributed by atoms with Gasteiger partial charge in [0.25, 0.3) is 5.56 Å². The third-order valence-electron chi connectivity index (χ3n) is 6.02. The number of piperazine rings is 1. The molecule has 31 heavy (non-hydrogen) atoms. The Hall–Kier alpha value is -3.05. The molecule has 0 amide bonds. The fourth-order valence-corrected chi connectivity index (χ4v) is 4.32. The maximum atomic E-state index is 12.5. The summed E-state index contributed by atoms with van der Waals surface area (Å²) in [6.07, 6.45) is 2.08. The first kappa shape index (κ1) is 21.2. The minimum Gasteiger partial charge on any atom is -0.495 e. The lowest BCUT2D eigenvalue weighted by molar-refractivity contribution is 0.250. The van der Waals surface area contributed by atoms with Crippen molar-refractivity contribution in [3.05, 3.63) is 83.2 Å². The van der Waals surface area contributed by atoms with Gasteiger partial charge in [-0.05, 0) is 43.1 Å². The topological polar surface area (TPSA) is 37.7 Å². The van der Waals surface area contributed by atoms with Crippen LogP contribution < -0.4 is 15.2 Å². The monoisotopic (exact) mass is 417 g/mol. The molecule has 1 aliphatic rings. The van der Waals surface area contributed by atoms with E-state index in [1.165, 1.54) is 5.69 Å². The number of nitrogens with zero attached hydrogens (tertiary/aromatic N) is 3. The van der Waals surface area contributed by atoms with E-state index in [0.717, 1.165) is 69.1 Å². The molecule has 0 radical (unpaired) electrons. The average molecular weight is 418 g/mol. The lowest BCUT2D eigenvalue weighted by atomic mass is 10.1. The van der Waals surface area contributed by atoms with Crippen LogP contribution in [0.2, 0.25) is 0 Å². The van der Waals surface area contributed by atoms with E-state index in [1.54, 1.807) is 13.2 Å². The lowest BCUT2D eigenvalue weighted by Gasteiger charge is -2.36. The Morgan fingerprint density at radius 2 is 1.48 bits per heavy atom. The molecule has 4 rings (SSSR count). The molecule has 1 saturated heterocycles. The Labute approximate surface area is 184 Å². The van der Waals surface area contributed by atoms with Gasteiger partial charge in [-0.3, -0.25) is 9.69 Å². The molecule has 5 heteroatoms. The summed E-state index contributed by atoms with van der Waals surface area (Å²) in [6.45, 7) is 5.96. The summed E-state index contributed by atoms with van der Waals surface area (Å²) < 4.78 is 7.43. The maximum absolute atomic E-state index is 12.5. The SMILES string of the molecule is COc1ccccc1N1CCN(CCCCn2c(-c3ccccc3)cccc2=O)CC1. The number of methoxy groups -OCH3 is 1. The van der Waals surface area contributed by atoms with E-state index in [1.807, 2.05) is 47.0 Å². The van der Waals surface area contributed by atoms with Crippen LogP contribution >= 0.6 is 0 Å². The molecule has 2 heterocycles. The normalized spacial score (nSPS) is 14.5. The van der Waals surface area contributed by atoms with Crippen LogP contribution in [0.1, 0.15) is 12.8 Å². The highest BCUT2D eigenvalue weighted by Gasteiger charge is 2.19. The minimum atomic E-state index is 0.0757. The van der Waals surface area contributed by atoms with E-state index in [9.17, 15) is 4.79 Å². The number of pyridine rings is 1. The standard InChI is InChI=1S/C26H31N3O2/c1-31-25-14-6-5-12-24(25)28-20-18-27(19-21-28)16-7-8-17-29-23(13-9-15-26(29)30)22-10-3-2-4-11-22/h2-6,9-15H,7-8,16-21H2,1H3. The number of ether oxygens (including phenoxy) is 1. The third-order valence-corrected chi connectivity index (χ3v) is 6.02. The second kappa shape index (κ2) is 10.3. The van der Waals surface area contributed by atoms with Crippen molar-refractivity contribution in [2.45, 2.75) is 19.4 Å². The number of anilines is 1. The van der Waals surface area contributed by atoms with Gasteiger partial charge in [-0.1, -0.05) is 48.5 Å². The largest absolute Gasteiger partial charge is 0.495 e. The van der Waals surface area contributed by atoms with Crippen LogP contribution in [-0.4, -0.2) is 49.3 Å². The summed E-state index contributed by atoms with van der Waals surface area (Å²) in [6, 6.07) is 23.9. The molecule has 5 nitrogen and oxygen atoms in total. The van der Waals surface area contributed by atoms with Crippen LogP contribution in [-0.2, 0) is 6.54 Å². The Balaban J connectivity index is 1.28. The van der Waals surface area contributed by atoms with Gasteiger partial charge in [0.2, 0.25) is 0 Å². The molecule has 1 aliphatic heterocycles.